The van der Waals surface area contributed by atoms with E-state index in [0.29, 0.717) is 11.6 Å². The van der Waals surface area contributed by atoms with E-state index >= 15 is 0 Å². The normalized spacial score (nSPS) is 11.9. The smallest absolute Gasteiger partial charge is 0.242 e. The molecular weight excluding hydrogens is 281 g/mol. The van der Waals surface area contributed by atoms with Gasteiger partial charge >= 0.3 is 0 Å². The van der Waals surface area contributed by atoms with Gasteiger partial charge in [0.1, 0.15) is 5.38 Å². The van der Waals surface area contributed by atoms with E-state index in [1.807, 2.05) is 48.5 Å². The topological polar surface area (TPSA) is 29.1 Å². The molecular formula is C15H13Cl2NO. The van der Waals surface area contributed by atoms with Crippen molar-refractivity contribution in [1.29, 1.82) is 0 Å². The monoisotopic (exact) mass is 293 g/mol. The molecule has 2 aromatic carbocycles. The maximum absolute atomic E-state index is 11.9. The van der Waals surface area contributed by atoms with Crippen LogP contribution < -0.4 is 5.32 Å². The third-order valence-corrected chi connectivity index (χ3v) is 3.36. The molecule has 0 aromatic heterocycles. The molecule has 0 aliphatic carbocycles. The quantitative estimate of drug-likeness (QED) is 0.850. The second-order valence-corrected chi connectivity index (χ2v) is 4.99. The van der Waals surface area contributed by atoms with Crippen molar-refractivity contribution in [2.24, 2.45) is 0 Å². The van der Waals surface area contributed by atoms with Crippen molar-refractivity contribution in [1.82, 2.24) is 5.32 Å². The first-order valence-corrected chi connectivity index (χ1v) is 6.69. The van der Waals surface area contributed by atoms with Crippen molar-refractivity contribution in [3.8, 4) is 0 Å². The SMILES string of the molecule is O=C(NCc1cccc(Cl)c1)C(Cl)c1ccccc1. The van der Waals surface area contributed by atoms with E-state index in [9.17, 15) is 4.79 Å². The Hall–Kier alpha value is -1.51. The minimum absolute atomic E-state index is 0.215. The van der Waals surface area contributed by atoms with Crippen molar-refractivity contribution in [3.05, 3.63) is 70.7 Å². The van der Waals surface area contributed by atoms with Crippen LogP contribution in [0.5, 0.6) is 0 Å². The van der Waals surface area contributed by atoms with Crippen LogP contribution in [0.1, 0.15) is 16.5 Å². The van der Waals surface area contributed by atoms with Gasteiger partial charge in [0.25, 0.3) is 0 Å². The molecule has 2 nitrogen and oxygen atoms in total. The Bertz CT molecular complexity index is 557. The largest absolute Gasteiger partial charge is 0.350 e. The Morgan fingerprint density at radius 3 is 2.53 bits per heavy atom. The highest BCUT2D eigenvalue weighted by Crippen LogP contribution is 2.20. The third kappa shape index (κ3) is 3.98. The van der Waals surface area contributed by atoms with Crippen LogP contribution in [0.15, 0.2) is 54.6 Å². The highest BCUT2D eigenvalue weighted by molar-refractivity contribution is 6.31. The van der Waals surface area contributed by atoms with Gasteiger partial charge in [-0.05, 0) is 23.3 Å². The number of hydrogen-bond donors (Lipinski definition) is 1. The van der Waals surface area contributed by atoms with Crippen molar-refractivity contribution in [2.75, 3.05) is 0 Å². The molecule has 0 aliphatic heterocycles. The summed E-state index contributed by atoms with van der Waals surface area (Å²) in [5, 5.41) is 2.76. The summed E-state index contributed by atoms with van der Waals surface area (Å²) in [6.07, 6.45) is 0. The molecule has 0 bridgehead atoms. The van der Waals surface area contributed by atoms with E-state index < -0.39 is 5.38 Å². The standard InChI is InChI=1S/C15H13Cl2NO/c16-13-8-4-5-11(9-13)10-18-15(19)14(17)12-6-2-1-3-7-12/h1-9,14H,10H2,(H,18,19). The molecule has 2 aromatic rings. The molecule has 1 unspecified atom stereocenters. The van der Waals surface area contributed by atoms with Gasteiger partial charge in [-0.3, -0.25) is 4.79 Å². The van der Waals surface area contributed by atoms with Gasteiger partial charge in [0.05, 0.1) is 0 Å². The van der Waals surface area contributed by atoms with Crippen LogP contribution in [-0.4, -0.2) is 5.91 Å². The van der Waals surface area contributed by atoms with Crippen molar-refractivity contribution >= 4 is 29.1 Å². The lowest BCUT2D eigenvalue weighted by Crippen LogP contribution is -2.26. The van der Waals surface area contributed by atoms with E-state index in [0.717, 1.165) is 11.1 Å². The Balaban J connectivity index is 1.95. The second-order valence-electron chi connectivity index (χ2n) is 4.12. The minimum atomic E-state index is -0.680. The summed E-state index contributed by atoms with van der Waals surface area (Å²) in [6.45, 7) is 0.412. The summed E-state index contributed by atoms with van der Waals surface area (Å²) in [4.78, 5) is 11.9. The van der Waals surface area contributed by atoms with Crippen LogP contribution >= 0.6 is 23.2 Å². The Morgan fingerprint density at radius 2 is 1.84 bits per heavy atom. The molecule has 0 fully saturated rings. The number of hydrogen-bond acceptors (Lipinski definition) is 1. The number of rotatable bonds is 4. The molecule has 0 saturated carbocycles. The van der Waals surface area contributed by atoms with Gasteiger partial charge in [-0.15, -0.1) is 11.6 Å². The number of benzene rings is 2. The van der Waals surface area contributed by atoms with Crippen molar-refractivity contribution in [3.63, 3.8) is 0 Å². The zero-order chi connectivity index (χ0) is 13.7. The predicted octanol–water partition coefficient (Wildman–Crippen LogP) is 3.94. The summed E-state index contributed by atoms with van der Waals surface area (Å²) < 4.78 is 0. The molecule has 1 atom stereocenters. The first-order valence-electron chi connectivity index (χ1n) is 5.88. The van der Waals surface area contributed by atoms with Gasteiger partial charge in [-0.25, -0.2) is 0 Å². The maximum Gasteiger partial charge on any atom is 0.242 e. The first-order chi connectivity index (χ1) is 9.16. The first kappa shape index (κ1) is 13.9. The van der Waals surface area contributed by atoms with Crippen molar-refractivity contribution < 1.29 is 4.79 Å². The summed E-state index contributed by atoms with van der Waals surface area (Å²) in [7, 11) is 0. The van der Waals surface area contributed by atoms with Crippen LogP contribution in [0, 0.1) is 0 Å². The summed E-state index contributed by atoms with van der Waals surface area (Å²) in [6, 6.07) is 16.6. The fraction of sp³-hybridized carbons (Fsp3) is 0.133. The Labute approximate surface area is 122 Å². The summed E-state index contributed by atoms with van der Waals surface area (Å²) >= 11 is 12.0. The molecule has 19 heavy (non-hydrogen) atoms. The highest BCUT2D eigenvalue weighted by atomic mass is 35.5. The molecule has 4 heteroatoms. The Kier molecular flexibility index (Phi) is 4.83. The van der Waals surface area contributed by atoms with Gasteiger partial charge in [0.15, 0.2) is 0 Å². The Morgan fingerprint density at radius 1 is 1.11 bits per heavy atom. The van der Waals surface area contributed by atoms with Crippen LogP contribution in [0.25, 0.3) is 0 Å². The molecule has 0 saturated heterocycles. The van der Waals surface area contributed by atoms with Crippen LogP contribution in [0.4, 0.5) is 0 Å². The number of amides is 1. The molecule has 0 aliphatic rings. The summed E-state index contributed by atoms with van der Waals surface area (Å²) in [5.41, 5.74) is 1.73. The van der Waals surface area contributed by atoms with E-state index in [1.54, 1.807) is 6.07 Å². The number of nitrogens with one attached hydrogen (secondary N) is 1. The fourth-order valence-corrected chi connectivity index (χ4v) is 2.13. The van der Waals surface area contributed by atoms with Crippen LogP contribution in [-0.2, 0) is 11.3 Å². The number of halogens is 2. The van der Waals surface area contributed by atoms with Gasteiger partial charge in [0.2, 0.25) is 5.91 Å². The van der Waals surface area contributed by atoms with E-state index in [4.69, 9.17) is 23.2 Å². The fourth-order valence-electron chi connectivity index (χ4n) is 1.70. The number of carbonyl (C=O) groups excluding carboxylic acids is 1. The maximum atomic E-state index is 11.9. The molecule has 2 rings (SSSR count). The lowest BCUT2D eigenvalue weighted by atomic mass is 10.1. The summed E-state index contributed by atoms with van der Waals surface area (Å²) in [5.74, 6) is -0.215. The van der Waals surface area contributed by atoms with Crippen molar-refractivity contribution in [2.45, 2.75) is 11.9 Å². The molecule has 1 amide bonds. The van der Waals surface area contributed by atoms with E-state index in [-0.39, 0.29) is 5.91 Å². The van der Waals surface area contributed by atoms with E-state index in [2.05, 4.69) is 5.32 Å². The molecule has 0 radical (unpaired) electrons. The van der Waals surface area contributed by atoms with Gasteiger partial charge in [0, 0.05) is 11.6 Å². The lowest BCUT2D eigenvalue weighted by molar-refractivity contribution is -0.121. The average Bonchev–Trinajstić information content (AvgIpc) is 2.45. The lowest BCUT2D eigenvalue weighted by Gasteiger charge is -2.11. The molecule has 0 spiro atoms. The molecule has 0 heterocycles. The average molecular weight is 294 g/mol. The second kappa shape index (κ2) is 6.60. The zero-order valence-electron chi connectivity index (χ0n) is 10.1. The predicted molar refractivity (Wildman–Crippen MR) is 78.3 cm³/mol. The van der Waals surface area contributed by atoms with Gasteiger partial charge in [-0.2, -0.15) is 0 Å². The molecule has 1 N–H and O–H groups in total. The number of carbonyl (C=O) groups is 1. The number of alkyl halides is 1. The van der Waals surface area contributed by atoms with Crippen LogP contribution in [0.2, 0.25) is 5.02 Å². The molecule has 98 valence electrons. The van der Waals surface area contributed by atoms with Gasteiger partial charge in [-0.1, -0.05) is 54.1 Å². The minimum Gasteiger partial charge on any atom is -0.350 e. The zero-order valence-corrected chi connectivity index (χ0v) is 11.7. The highest BCUT2D eigenvalue weighted by Gasteiger charge is 2.16. The third-order valence-electron chi connectivity index (χ3n) is 2.68. The van der Waals surface area contributed by atoms with E-state index in [1.165, 1.54) is 0 Å². The van der Waals surface area contributed by atoms with Crippen LogP contribution in [0.3, 0.4) is 0 Å². The van der Waals surface area contributed by atoms with Gasteiger partial charge < -0.3 is 5.32 Å².